The van der Waals surface area contributed by atoms with Crippen LogP contribution in [0.4, 0.5) is 17.3 Å². The van der Waals surface area contributed by atoms with Gasteiger partial charge in [-0.2, -0.15) is 5.10 Å². The van der Waals surface area contributed by atoms with Gasteiger partial charge >= 0.3 is 0 Å². The lowest BCUT2D eigenvalue weighted by molar-refractivity contribution is -0.384. The number of fused-ring (bicyclic) bond motifs is 1. The number of hydrogen-bond acceptors (Lipinski definition) is 7. The van der Waals surface area contributed by atoms with Gasteiger partial charge in [-0.15, -0.1) is 0 Å². The molecule has 152 valence electrons. The van der Waals surface area contributed by atoms with Crippen LogP contribution in [0.5, 0.6) is 0 Å². The number of hydrogen-bond donors (Lipinski definition) is 3. The van der Waals surface area contributed by atoms with E-state index in [4.69, 9.17) is 0 Å². The van der Waals surface area contributed by atoms with E-state index in [9.17, 15) is 10.1 Å². The van der Waals surface area contributed by atoms with Crippen LogP contribution in [0.1, 0.15) is 24.1 Å². The first-order chi connectivity index (χ1) is 14.6. The molecule has 2 aromatic heterocycles. The first-order valence-corrected chi connectivity index (χ1v) is 9.59. The van der Waals surface area contributed by atoms with Gasteiger partial charge in [0.2, 0.25) is 0 Å². The zero-order valence-corrected chi connectivity index (χ0v) is 16.4. The van der Waals surface area contributed by atoms with Crippen molar-refractivity contribution < 1.29 is 4.92 Å². The molecular weight excluding hydrogens is 382 g/mol. The van der Waals surface area contributed by atoms with E-state index in [1.54, 1.807) is 12.1 Å². The lowest BCUT2D eigenvalue weighted by Gasteiger charge is -2.15. The number of H-pyrrole nitrogens is 1. The van der Waals surface area contributed by atoms with E-state index in [2.05, 4.69) is 49.9 Å². The van der Waals surface area contributed by atoms with E-state index in [1.165, 1.54) is 18.5 Å². The summed E-state index contributed by atoms with van der Waals surface area (Å²) in [7, 11) is 0. The Morgan fingerprint density at radius 1 is 1.07 bits per heavy atom. The Balaban J connectivity index is 1.47. The Morgan fingerprint density at radius 2 is 1.83 bits per heavy atom. The lowest BCUT2D eigenvalue weighted by atomic mass is 10.1. The fourth-order valence-electron chi connectivity index (χ4n) is 3.24. The highest BCUT2D eigenvalue weighted by molar-refractivity contribution is 5.96. The molecule has 4 rings (SSSR count). The molecule has 0 bridgehead atoms. The molecule has 0 aliphatic carbocycles. The van der Waals surface area contributed by atoms with Crippen molar-refractivity contribution in [3.8, 4) is 0 Å². The van der Waals surface area contributed by atoms with E-state index in [0.29, 0.717) is 30.2 Å². The molecule has 2 aromatic carbocycles. The van der Waals surface area contributed by atoms with E-state index >= 15 is 0 Å². The van der Waals surface area contributed by atoms with Crippen LogP contribution in [0, 0.1) is 10.1 Å². The maximum absolute atomic E-state index is 10.8. The summed E-state index contributed by atoms with van der Waals surface area (Å²) in [6.45, 7) is 2.69. The summed E-state index contributed by atoms with van der Waals surface area (Å²) in [5.41, 5.74) is 2.89. The van der Waals surface area contributed by atoms with Crippen LogP contribution in [0.15, 0.2) is 60.9 Å². The molecule has 0 radical (unpaired) electrons. The topological polar surface area (TPSA) is 122 Å². The number of anilines is 2. The summed E-state index contributed by atoms with van der Waals surface area (Å²) in [5.74, 6) is 1.36. The van der Waals surface area contributed by atoms with Gasteiger partial charge in [-0.25, -0.2) is 9.97 Å². The van der Waals surface area contributed by atoms with Gasteiger partial charge < -0.3 is 10.6 Å². The Bertz CT molecular complexity index is 1140. The second-order valence-corrected chi connectivity index (χ2v) is 6.90. The molecule has 0 saturated carbocycles. The predicted molar refractivity (Wildman–Crippen MR) is 115 cm³/mol. The second kappa shape index (κ2) is 8.56. The number of nitro benzene ring substituents is 1. The quantitative estimate of drug-likeness (QED) is 0.299. The van der Waals surface area contributed by atoms with Crippen molar-refractivity contribution in [2.45, 2.75) is 19.4 Å². The van der Waals surface area contributed by atoms with Crippen molar-refractivity contribution in [1.82, 2.24) is 20.2 Å². The molecule has 0 aliphatic rings. The summed E-state index contributed by atoms with van der Waals surface area (Å²) in [6, 6.07) is 16.7. The molecule has 30 heavy (non-hydrogen) atoms. The highest BCUT2D eigenvalue weighted by Gasteiger charge is 2.15. The van der Waals surface area contributed by atoms with E-state index in [-0.39, 0.29) is 11.7 Å². The van der Waals surface area contributed by atoms with Crippen LogP contribution in [-0.2, 0) is 6.42 Å². The van der Waals surface area contributed by atoms with Gasteiger partial charge in [0.15, 0.2) is 11.5 Å². The minimum atomic E-state index is -0.400. The molecule has 1 atom stereocenters. The third kappa shape index (κ3) is 4.19. The largest absolute Gasteiger partial charge is 0.368 e. The fourth-order valence-corrected chi connectivity index (χ4v) is 3.24. The minimum Gasteiger partial charge on any atom is -0.368 e. The summed E-state index contributed by atoms with van der Waals surface area (Å²) in [6.07, 6.45) is 2.20. The van der Waals surface area contributed by atoms with Gasteiger partial charge in [-0.3, -0.25) is 15.2 Å². The first kappa shape index (κ1) is 19.3. The highest BCUT2D eigenvalue weighted by atomic mass is 16.6. The number of benzene rings is 2. The van der Waals surface area contributed by atoms with Crippen molar-refractivity contribution in [3.05, 3.63) is 82.2 Å². The molecule has 9 heteroatoms. The Kier molecular flexibility index (Phi) is 5.51. The number of nitro groups is 1. The molecule has 0 spiro atoms. The SMILES string of the molecule is C[C@@H](Nc1ncnc2[nH]nc(NCCc3ccc([N+](=O)[O-])cc3)c12)c1ccccc1. The molecule has 0 aliphatic heterocycles. The number of nitrogens with one attached hydrogen (secondary N) is 3. The molecule has 4 aromatic rings. The van der Waals surface area contributed by atoms with Gasteiger partial charge in [0, 0.05) is 24.7 Å². The molecular formula is C21H21N7O2. The molecule has 0 fully saturated rings. The predicted octanol–water partition coefficient (Wildman–Crippen LogP) is 4.09. The van der Waals surface area contributed by atoms with Crippen molar-refractivity contribution in [2.24, 2.45) is 0 Å². The summed E-state index contributed by atoms with van der Waals surface area (Å²) in [5, 5.41) is 25.6. The van der Waals surface area contributed by atoms with Crippen LogP contribution in [-0.4, -0.2) is 31.6 Å². The van der Waals surface area contributed by atoms with Crippen LogP contribution in [0.2, 0.25) is 0 Å². The standard InChI is InChI=1S/C21H21N7O2/c1-14(16-5-3-2-4-6-16)25-19-18-20(26-27-21(18)24-13-23-19)22-12-11-15-7-9-17(10-8-15)28(29)30/h2-10,13-14H,11-12H2,1H3,(H3,22,23,24,25,26,27)/t14-/m1/s1. The molecule has 9 nitrogen and oxygen atoms in total. The fraction of sp³-hybridized carbons (Fsp3) is 0.190. The van der Waals surface area contributed by atoms with Crippen LogP contribution in [0.3, 0.4) is 0 Å². The van der Waals surface area contributed by atoms with Crippen LogP contribution < -0.4 is 10.6 Å². The van der Waals surface area contributed by atoms with Crippen LogP contribution in [0.25, 0.3) is 11.0 Å². The average Bonchev–Trinajstić information content (AvgIpc) is 3.19. The Morgan fingerprint density at radius 3 is 2.57 bits per heavy atom. The van der Waals surface area contributed by atoms with Crippen LogP contribution >= 0.6 is 0 Å². The Labute approximate surface area is 172 Å². The molecule has 3 N–H and O–H groups in total. The molecule has 2 heterocycles. The number of non-ortho nitro benzene ring substituents is 1. The molecule has 0 amide bonds. The zero-order valence-electron chi connectivity index (χ0n) is 16.4. The van der Waals surface area contributed by atoms with Gasteiger partial charge in [-0.05, 0) is 24.5 Å². The number of aromatic nitrogens is 4. The Hall–Kier alpha value is -4.01. The lowest BCUT2D eigenvalue weighted by Crippen LogP contribution is -2.10. The van der Waals surface area contributed by atoms with Crippen molar-refractivity contribution >= 4 is 28.4 Å². The number of rotatable bonds is 8. The smallest absolute Gasteiger partial charge is 0.269 e. The summed E-state index contributed by atoms with van der Waals surface area (Å²) < 4.78 is 0. The maximum Gasteiger partial charge on any atom is 0.269 e. The summed E-state index contributed by atoms with van der Waals surface area (Å²) in [4.78, 5) is 19.0. The monoisotopic (exact) mass is 403 g/mol. The van der Waals surface area contributed by atoms with Gasteiger partial charge in [-0.1, -0.05) is 42.5 Å². The second-order valence-electron chi connectivity index (χ2n) is 6.90. The maximum atomic E-state index is 10.8. The summed E-state index contributed by atoms with van der Waals surface area (Å²) >= 11 is 0. The molecule has 0 unspecified atom stereocenters. The van der Waals surface area contributed by atoms with E-state index in [0.717, 1.165) is 16.5 Å². The number of nitrogens with zero attached hydrogens (tertiary/aromatic N) is 4. The normalized spacial score (nSPS) is 11.9. The van der Waals surface area contributed by atoms with Crippen molar-refractivity contribution in [1.29, 1.82) is 0 Å². The van der Waals surface area contributed by atoms with Crippen molar-refractivity contribution in [2.75, 3.05) is 17.2 Å². The third-order valence-electron chi connectivity index (χ3n) is 4.86. The highest BCUT2D eigenvalue weighted by Crippen LogP contribution is 2.28. The van der Waals surface area contributed by atoms with Gasteiger partial charge in [0.25, 0.3) is 5.69 Å². The minimum absolute atomic E-state index is 0.0622. The average molecular weight is 403 g/mol. The van der Waals surface area contributed by atoms with Gasteiger partial charge in [0.05, 0.1) is 4.92 Å². The number of aromatic amines is 1. The van der Waals surface area contributed by atoms with Crippen molar-refractivity contribution in [3.63, 3.8) is 0 Å². The zero-order chi connectivity index (χ0) is 20.9. The first-order valence-electron chi connectivity index (χ1n) is 9.59. The van der Waals surface area contributed by atoms with E-state index in [1.807, 2.05) is 18.2 Å². The third-order valence-corrected chi connectivity index (χ3v) is 4.86. The molecule has 0 saturated heterocycles. The van der Waals surface area contributed by atoms with E-state index < -0.39 is 4.92 Å². The van der Waals surface area contributed by atoms with Gasteiger partial charge in [0.1, 0.15) is 17.5 Å².